The second-order valence-corrected chi connectivity index (χ2v) is 17.4. The van der Waals surface area contributed by atoms with Gasteiger partial charge < -0.3 is 10.6 Å². The van der Waals surface area contributed by atoms with Crippen molar-refractivity contribution in [3.8, 4) is 0 Å². The lowest BCUT2D eigenvalue weighted by Crippen LogP contribution is -2.63. The van der Waals surface area contributed by atoms with Crippen LogP contribution in [-0.2, 0) is 19.7 Å². The van der Waals surface area contributed by atoms with Crippen LogP contribution < -0.4 is 10.6 Å². The van der Waals surface area contributed by atoms with Gasteiger partial charge in [-0.1, -0.05) is 167 Å². The molecule has 0 fully saturated rings. The summed E-state index contributed by atoms with van der Waals surface area (Å²) in [7, 11) is -4.58. The van der Waals surface area contributed by atoms with E-state index in [1.165, 1.54) is 96.8 Å². The van der Waals surface area contributed by atoms with Gasteiger partial charge in [0.2, 0.25) is 11.8 Å². The minimum absolute atomic E-state index is 0.145. The second kappa shape index (κ2) is 35.1. The first-order valence-corrected chi connectivity index (χ1v) is 23.4. The highest BCUT2D eigenvalue weighted by atomic mass is 32.2. The van der Waals surface area contributed by atoms with Gasteiger partial charge in [0.25, 0.3) is 10.1 Å². The van der Waals surface area contributed by atoms with Crippen molar-refractivity contribution in [2.75, 3.05) is 0 Å². The summed E-state index contributed by atoms with van der Waals surface area (Å²) in [4.78, 5) is 26.1. The molecule has 0 saturated heterocycles. The van der Waals surface area contributed by atoms with Crippen LogP contribution in [-0.4, -0.2) is 35.7 Å². The van der Waals surface area contributed by atoms with Gasteiger partial charge in [0, 0.05) is 12.8 Å². The molecule has 8 heteroatoms. The molecule has 306 valence electrons. The Bertz CT molecular complexity index is 958. The van der Waals surface area contributed by atoms with Crippen LogP contribution in [0.15, 0.2) is 24.3 Å². The number of nitrogens with one attached hydrogen (secondary N) is 2. The number of amides is 2. The fraction of sp³-hybridized carbons (Fsp3) is 0.864. The lowest BCUT2D eigenvalue weighted by Gasteiger charge is -2.36. The molecule has 0 rings (SSSR count). The normalized spacial score (nSPS) is 13.9. The molecule has 2 amide bonds. The van der Waals surface area contributed by atoms with Crippen molar-refractivity contribution in [3.05, 3.63) is 24.3 Å². The molecule has 0 aliphatic heterocycles. The molecule has 0 saturated carbocycles. The number of rotatable bonds is 38. The van der Waals surface area contributed by atoms with E-state index in [0.29, 0.717) is 19.3 Å². The van der Waals surface area contributed by atoms with Crippen molar-refractivity contribution < 1.29 is 22.6 Å². The minimum atomic E-state index is -4.58. The monoisotopic (exact) mass is 753 g/mol. The van der Waals surface area contributed by atoms with E-state index in [0.717, 1.165) is 77.0 Å². The number of unbranched alkanes of at least 4 members (excludes halogenated alkanes) is 24. The molecular weight excluding hydrogens is 669 g/mol. The lowest BCUT2D eigenvalue weighted by atomic mass is 9.98. The topological polar surface area (TPSA) is 113 Å². The van der Waals surface area contributed by atoms with Crippen LogP contribution in [0.5, 0.6) is 0 Å². The molecule has 0 radical (unpaired) electrons. The molecular formula is C44H84N2O5S. The zero-order chi connectivity index (χ0) is 38.6. The maximum atomic E-state index is 13.0. The summed E-state index contributed by atoms with van der Waals surface area (Å²) < 4.78 is 34.0. The Morgan fingerprint density at radius 2 is 0.788 bits per heavy atom. The Kier molecular flexibility index (Phi) is 33.9. The van der Waals surface area contributed by atoms with Gasteiger partial charge >= 0.3 is 0 Å². The van der Waals surface area contributed by atoms with E-state index in [1.807, 2.05) is 6.92 Å². The Morgan fingerprint density at radius 1 is 0.500 bits per heavy atom. The van der Waals surface area contributed by atoms with Crippen molar-refractivity contribution in [2.45, 2.75) is 244 Å². The zero-order valence-electron chi connectivity index (χ0n) is 34.5. The van der Waals surface area contributed by atoms with E-state index in [1.54, 1.807) is 0 Å². The third-order valence-electron chi connectivity index (χ3n) is 10.4. The Hall–Kier alpha value is -1.67. The third kappa shape index (κ3) is 28.8. The third-order valence-corrected chi connectivity index (χ3v) is 12.0. The highest BCUT2D eigenvalue weighted by Crippen LogP contribution is 2.27. The SMILES string of the molecule is CCCCCCCCC=CCCCCCCCC(=O)NC(NC(=O)CCCCCCCC=CCCCCCCCC)C(C)(CCCCC)S(=O)(=O)O. The van der Waals surface area contributed by atoms with Crippen molar-refractivity contribution in [3.63, 3.8) is 0 Å². The molecule has 0 spiro atoms. The van der Waals surface area contributed by atoms with E-state index < -0.39 is 21.0 Å². The molecule has 1 unspecified atom stereocenters. The summed E-state index contributed by atoms with van der Waals surface area (Å²) >= 11 is 0. The average molecular weight is 753 g/mol. The molecule has 3 N–H and O–H groups in total. The van der Waals surface area contributed by atoms with Crippen LogP contribution in [0.3, 0.4) is 0 Å². The van der Waals surface area contributed by atoms with E-state index in [2.05, 4.69) is 48.8 Å². The maximum Gasteiger partial charge on any atom is 0.274 e. The van der Waals surface area contributed by atoms with Crippen LogP contribution >= 0.6 is 0 Å². The van der Waals surface area contributed by atoms with Gasteiger partial charge in [-0.15, -0.1) is 0 Å². The van der Waals surface area contributed by atoms with Gasteiger partial charge in [0.1, 0.15) is 10.9 Å². The molecule has 1 atom stereocenters. The summed E-state index contributed by atoms with van der Waals surface area (Å²) in [6, 6.07) is 0. The first-order valence-electron chi connectivity index (χ1n) is 22.0. The van der Waals surface area contributed by atoms with E-state index in [9.17, 15) is 22.6 Å². The van der Waals surface area contributed by atoms with Crippen LogP contribution in [0.4, 0.5) is 0 Å². The minimum Gasteiger partial charge on any atom is -0.334 e. The molecule has 0 heterocycles. The van der Waals surface area contributed by atoms with E-state index in [-0.39, 0.29) is 31.1 Å². The van der Waals surface area contributed by atoms with Gasteiger partial charge in [-0.05, 0) is 77.6 Å². The van der Waals surface area contributed by atoms with Crippen molar-refractivity contribution in [2.24, 2.45) is 0 Å². The molecule has 7 nitrogen and oxygen atoms in total. The molecule has 0 aromatic heterocycles. The molecule has 0 aliphatic carbocycles. The number of hydrogen-bond donors (Lipinski definition) is 3. The summed E-state index contributed by atoms with van der Waals surface area (Å²) in [6.07, 6.45) is 41.4. The molecule has 0 aliphatic rings. The molecule has 0 bridgehead atoms. The number of allylic oxidation sites excluding steroid dienone is 4. The smallest absolute Gasteiger partial charge is 0.274 e. The fourth-order valence-corrected chi connectivity index (χ4v) is 7.49. The van der Waals surface area contributed by atoms with E-state index >= 15 is 0 Å². The average Bonchev–Trinajstić information content (AvgIpc) is 3.10. The molecule has 0 aromatic carbocycles. The summed E-state index contributed by atoms with van der Waals surface area (Å²) in [6.45, 7) is 7.96. The van der Waals surface area contributed by atoms with Crippen molar-refractivity contribution in [1.82, 2.24) is 10.6 Å². The molecule has 52 heavy (non-hydrogen) atoms. The first-order chi connectivity index (χ1) is 25.1. The summed E-state index contributed by atoms with van der Waals surface area (Å²) in [5.41, 5.74) is 0. The standard InChI is InChI=1S/C44H84N2O5S/c1-5-8-11-13-15-17-19-21-23-25-27-29-31-33-35-38-41(47)45-43(44(4,52(49,50)51)40-37-10-7-3)46-42(48)39-36-34-32-30-28-26-24-22-20-18-16-14-12-9-6-2/h21-24,43H,5-20,25-40H2,1-4H3,(H,45,47)(H,46,48)(H,49,50,51). The van der Waals surface area contributed by atoms with Crippen LogP contribution in [0, 0.1) is 0 Å². The largest absolute Gasteiger partial charge is 0.334 e. The fourth-order valence-electron chi connectivity index (χ4n) is 6.67. The zero-order valence-corrected chi connectivity index (χ0v) is 35.3. The number of hydrogen-bond acceptors (Lipinski definition) is 4. The van der Waals surface area contributed by atoms with Gasteiger partial charge in [-0.2, -0.15) is 8.42 Å². The Morgan fingerprint density at radius 3 is 1.12 bits per heavy atom. The number of carbonyl (C=O) groups is 2. The highest BCUT2D eigenvalue weighted by Gasteiger charge is 2.46. The predicted octanol–water partition coefficient (Wildman–Crippen LogP) is 12.8. The predicted molar refractivity (Wildman–Crippen MR) is 223 cm³/mol. The van der Waals surface area contributed by atoms with Gasteiger partial charge in [0.05, 0.1) is 0 Å². The molecule has 0 aromatic rings. The quantitative estimate of drug-likeness (QED) is 0.0251. The lowest BCUT2D eigenvalue weighted by molar-refractivity contribution is -0.125. The van der Waals surface area contributed by atoms with Crippen LogP contribution in [0.1, 0.15) is 233 Å². The van der Waals surface area contributed by atoms with E-state index in [4.69, 9.17) is 0 Å². The first kappa shape index (κ1) is 50.3. The van der Waals surface area contributed by atoms with Gasteiger partial charge in [0.15, 0.2) is 0 Å². The Labute approximate surface area is 322 Å². The maximum absolute atomic E-state index is 13.0. The van der Waals surface area contributed by atoms with Crippen molar-refractivity contribution in [1.29, 1.82) is 0 Å². The van der Waals surface area contributed by atoms with Crippen molar-refractivity contribution >= 4 is 21.9 Å². The highest BCUT2D eigenvalue weighted by molar-refractivity contribution is 7.87. The van der Waals surface area contributed by atoms with Gasteiger partial charge in [-0.3, -0.25) is 14.1 Å². The summed E-state index contributed by atoms with van der Waals surface area (Å²) in [5, 5.41) is 5.60. The van der Waals surface area contributed by atoms with Crippen LogP contribution in [0.25, 0.3) is 0 Å². The van der Waals surface area contributed by atoms with Gasteiger partial charge in [-0.25, -0.2) is 0 Å². The Balaban J connectivity index is 4.58. The van der Waals surface area contributed by atoms with Crippen LogP contribution in [0.2, 0.25) is 0 Å². The number of carbonyl (C=O) groups excluding carboxylic acids is 2. The second-order valence-electron chi connectivity index (χ2n) is 15.5. The summed E-state index contributed by atoms with van der Waals surface area (Å²) in [5.74, 6) is -0.594.